The lowest BCUT2D eigenvalue weighted by atomic mass is 10.1. The van der Waals surface area contributed by atoms with Crippen LogP contribution in [0.5, 0.6) is 5.75 Å². The first-order valence-corrected chi connectivity index (χ1v) is 8.34. The van der Waals surface area contributed by atoms with Crippen molar-refractivity contribution in [3.8, 4) is 5.75 Å². The van der Waals surface area contributed by atoms with Gasteiger partial charge >= 0.3 is 0 Å². The molecular formula is C18H31NO2. The Hall–Kier alpha value is -1.06. The highest BCUT2D eigenvalue weighted by molar-refractivity contribution is 5.28. The molecule has 1 aromatic carbocycles. The molecule has 21 heavy (non-hydrogen) atoms. The number of unbranched alkanes of at least 4 members (excludes halogenated alkanes) is 2. The molecular weight excluding hydrogens is 262 g/mol. The van der Waals surface area contributed by atoms with E-state index in [1.165, 1.54) is 25.7 Å². The lowest BCUT2D eigenvalue weighted by Gasteiger charge is -2.25. The van der Waals surface area contributed by atoms with Crippen LogP contribution in [0.2, 0.25) is 0 Å². The smallest absolute Gasteiger partial charge is 0.119 e. The standard InChI is InChI=1S/C18H31NO2/c1-4-7-13-19(14-8-5-2)15-18(20)16-9-11-17(12-10-16)21-6-3/h9-12,18,20H,4-8,13-15H2,1-3H3. The summed E-state index contributed by atoms with van der Waals surface area (Å²) >= 11 is 0. The maximum atomic E-state index is 10.4. The summed E-state index contributed by atoms with van der Waals surface area (Å²) in [6.45, 7) is 9.93. The normalized spacial score (nSPS) is 12.6. The lowest BCUT2D eigenvalue weighted by molar-refractivity contribution is 0.111. The van der Waals surface area contributed by atoms with Gasteiger partial charge < -0.3 is 14.7 Å². The second kappa shape index (κ2) is 10.6. The first-order chi connectivity index (χ1) is 10.2. The van der Waals surface area contributed by atoms with E-state index in [-0.39, 0.29) is 0 Å². The molecule has 0 saturated carbocycles. The van der Waals surface area contributed by atoms with Crippen LogP contribution in [-0.2, 0) is 0 Å². The van der Waals surface area contributed by atoms with Crippen LogP contribution >= 0.6 is 0 Å². The van der Waals surface area contributed by atoms with Crippen molar-refractivity contribution in [1.29, 1.82) is 0 Å². The van der Waals surface area contributed by atoms with E-state index in [1.807, 2.05) is 31.2 Å². The van der Waals surface area contributed by atoms with E-state index in [0.717, 1.165) is 24.4 Å². The quantitative estimate of drug-likeness (QED) is 0.669. The van der Waals surface area contributed by atoms with Crippen LogP contribution in [0.25, 0.3) is 0 Å². The highest BCUT2D eigenvalue weighted by atomic mass is 16.5. The van der Waals surface area contributed by atoms with E-state index in [2.05, 4.69) is 18.7 Å². The number of ether oxygens (including phenoxy) is 1. The predicted octanol–water partition coefficient (Wildman–Crippen LogP) is 4.02. The van der Waals surface area contributed by atoms with Gasteiger partial charge in [0.05, 0.1) is 12.7 Å². The highest BCUT2D eigenvalue weighted by Crippen LogP contribution is 2.19. The Morgan fingerprint density at radius 1 is 1.00 bits per heavy atom. The van der Waals surface area contributed by atoms with Crippen molar-refractivity contribution in [3.63, 3.8) is 0 Å². The van der Waals surface area contributed by atoms with Crippen LogP contribution in [0.1, 0.15) is 58.1 Å². The monoisotopic (exact) mass is 293 g/mol. The predicted molar refractivity (Wildman–Crippen MR) is 88.8 cm³/mol. The van der Waals surface area contributed by atoms with E-state index in [1.54, 1.807) is 0 Å². The van der Waals surface area contributed by atoms with Crippen LogP contribution in [0.4, 0.5) is 0 Å². The highest BCUT2D eigenvalue weighted by Gasteiger charge is 2.13. The second-order valence-electron chi connectivity index (χ2n) is 5.53. The first kappa shape index (κ1) is 18.0. The molecule has 0 aliphatic heterocycles. The molecule has 0 aliphatic carbocycles. The zero-order chi connectivity index (χ0) is 15.5. The first-order valence-electron chi connectivity index (χ1n) is 8.34. The van der Waals surface area contributed by atoms with Gasteiger partial charge in [-0.25, -0.2) is 0 Å². The molecule has 0 spiro atoms. The minimum absolute atomic E-state index is 0.422. The van der Waals surface area contributed by atoms with Crippen LogP contribution in [0, 0.1) is 0 Å². The summed E-state index contributed by atoms with van der Waals surface area (Å²) in [4.78, 5) is 2.38. The van der Waals surface area contributed by atoms with Gasteiger partial charge in [-0.05, 0) is 50.6 Å². The third-order valence-electron chi connectivity index (χ3n) is 3.66. The second-order valence-corrected chi connectivity index (χ2v) is 5.53. The molecule has 1 unspecified atom stereocenters. The topological polar surface area (TPSA) is 32.7 Å². The summed E-state index contributed by atoms with van der Waals surface area (Å²) in [5.74, 6) is 0.863. The summed E-state index contributed by atoms with van der Waals surface area (Å²) in [5, 5.41) is 10.4. The molecule has 0 fully saturated rings. The Bertz CT molecular complexity index is 356. The number of benzene rings is 1. The number of nitrogens with zero attached hydrogens (tertiary/aromatic N) is 1. The summed E-state index contributed by atoms with van der Waals surface area (Å²) in [7, 11) is 0. The molecule has 120 valence electrons. The van der Waals surface area contributed by atoms with Crippen molar-refractivity contribution in [2.24, 2.45) is 0 Å². The van der Waals surface area contributed by atoms with Gasteiger partial charge in [-0.1, -0.05) is 38.8 Å². The van der Waals surface area contributed by atoms with Crippen molar-refractivity contribution in [2.45, 2.75) is 52.6 Å². The Morgan fingerprint density at radius 3 is 2.05 bits per heavy atom. The van der Waals surface area contributed by atoms with E-state index >= 15 is 0 Å². The molecule has 1 atom stereocenters. The molecule has 1 rings (SSSR count). The number of hydrogen-bond acceptors (Lipinski definition) is 3. The molecule has 1 N–H and O–H groups in total. The summed E-state index contributed by atoms with van der Waals surface area (Å²) in [6.07, 6.45) is 4.36. The molecule has 0 amide bonds. The number of aliphatic hydroxyl groups excluding tert-OH is 1. The van der Waals surface area contributed by atoms with Gasteiger partial charge in [0.1, 0.15) is 5.75 Å². The van der Waals surface area contributed by atoms with E-state index in [0.29, 0.717) is 13.2 Å². The van der Waals surface area contributed by atoms with Crippen LogP contribution in [0.15, 0.2) is 24.3 Å². The van der Waals surface area contributed by atoms with Crippen molar-refractivity contribution >= 4 is 0 Å². The van der Waals surface area contributed by atoms with Crippen LogP contribution < -0.4 is 4.74 Å². The Morgan fingerprint density at radius 2 is 1.57 bits per heavy atom. The Labute approximate surface area is 129 Å². The molecule has 0 radical (unpaired) electrons. The molecule has 3 nitrogen and oxygen atoms in total. The molecule has 0 aromatic heterocycles. The molecule has 3 heteroatoms. The Kier molecular flexibility index (Phi) is 9.11. The van der Waals surface area contributed by atoms with Gasteiger partial charge in [-0.2, -0.15) is 0 Å². The van der Waals surface area contributed by atoms with Crippen molar-refractivity contribution < 1.29 is 9.84 Å². The molecule has 0 aliphatic rings. The SMILES string of the molecule is CCCCN(CCCC)CC(O)c1ccc(OCC)cc1. The molecule has 0 saturated heterocycles. The fourth-order valence-corrected chi connectivity index (χ4v) is 2.36. The van der Waals surface area contributed by atoms with Crippen molar-refractivity contribution in [3.05, 3.63) is 29.8 Å². The summed E-state index contributed by atoms with van der Waals surface area (Å²) in [5.41, 5.74) is 0.969. The fraction of sp³-hybridized carbons (Fsp3) is 0.667. The van der Waals surface area contributed by atoms with Gasteiger partial charge in [-0.3, -0.25) is 0 Å². The van der Waals surface area contributed by atoms with E-state index in [4.69, 9.17) is 4.74 Å². The maximum absolute atomic E-state index is 10.4. The fourth-order valence-electron chi connectivity index (χ4n) is 2.36. The average Bonchev–Trinajstić information content (AvgIpc) is 2.51. The average molecular weight is 293 g/mol. The largest absolute Gasteiger partial charge is 0.494 e. The van der Waals surface area contributed by atoms with Crippen molar-refractivity contribution in [2.75, 3.05) is 26.2 Å². The van der Waals surface area contributed by atoms with Gasteiger partial charge in [0.15, 0.2) is 0 Å². The molecule has 0 bridgehead atoms. The third kappa shape index (κ3) is 6.96. The molecule has 1 aromatic rings. The minimum atomic E-state index is -0.422. The summed E-state index contributed by atoms with van der Waals surface area (Å²) < 4.78 is 5.44. The summed E-state index contributed by atoms with van der Waals surface area (Å²) in [6, 6.07) is 7.80. The van der Waals surface area contributed by atoms with Gasteiger partial charge in [-0.15, -0.1) is 0 Å². The third-order valence-corrected chi connectivity index (χ3v) is 3.66. The van der Waals surface area contributed by atoms with Crippen LogP contribution in [-0.4, -0.2) is 36.2 Å². The van der Waals surface area contributed by atoms with Crippen LogP contribution in [0.3, 0.4) is 0 Å². The van der Waals surface area contributed by atoms with E-state index in [9.17, 15) is 5.11 Å². The lowest BCUT2D eigenvalue weighted by Crippen LogP contribution is -2.30. The zero-order valence-electron chi connectivity index (χ0n) is 13.8. The Balaban J connectivity index is 2.55. The zero-order valence-corrected chi connectivity index (χ0v) is 13.8. The molecule has 0 heterocycles. The number of hydrogen-bond donors (Lipinski definition) is 1. The minimum Gasteiger partial charge on any atom is -0.494 e. The maximum Gasteiger partial charge on any atom is 0.119 e. The van der Waals surface area contributed by atoms with Gasteiger partial charge in [0.25, 0.3) is 0 Å². The number of aliphatic hydroxyl groups is 1. The van der Waals surface area contributed by atoms with Crippen molar-refractivity contribution in [1.82, 2.24) is 4.90 Å². The number of rotatable bonds is 11. The van der Waals surface area contributed by atoms with Gasteiger partial charge in [0, 0.05) is 6.54 Å². The van der Waals surface area contributed by atoms with Gasteiger partial charge in [0.2, 0.25) is 0 Å². The van der Waals surface area contributed by atoms with E-state index < -0.39 is 6.10 Å².